The third-order valence-electron chi connectivity index (χ3n) is 2.95. The van der Waals surface area contributed by atoms with Crippen molar-refractivity contribution in [3.63, 3.8) is 0 Å². The number of methoxy groups -OCH3 is 1. The molecule has 1 aromatic rings. The SMILES string of the molecule is COc1cccc(CC(=O)N2CCCC2)c1. The Morgan fingerprint density at radius 1 is 1.38 bits per heavy atom. The van der Waals surface area contributed by atoms with Crippen LogP contribution in [-0.2, 0) is 11.2 Å². The van der Waals surface area contributed by atoms with E-state index in [1.165, 1.54) is 0 Å². The van der Waals surface area contributed by atoms with Gasteiger partial charge in [-0.3, -0.25) is 4.79 Å². The van der Waals surface area contributed by atoms with Crippen molar-refractivity contribution in [2.75, 3.05) is 20.2 Å². The molecule has 0 spiro atoms. The highest BCUT2D eigenvalue weighted by atomic mass is 16.5. The van der Waals surface area contributed by atoms with Gasteiger partial charge in [0, 0.05) is 13.1 Å². The van der Waals surface area contributed by atoms with Crippen LogP contribution in [0.1, 0.15) is 18.4 Å². The average Bonchev–Trinajstić information content (AvgIpc) is 2.83. The summed E-state index contributed by atoms with van der Waals surface area (Å²) in [6.07, 6.45) is 2.77. The van der Waals surface area contributed by atoms with Gasteiger partial charge in [0.15, 0.2) is 0 Å². The minimum absolute atomic E-state index is 0.228. The van der Waals surface area contributed by atoms with Crippen molar-refractivity contribution in [2.24, 2.45) is 0 Å². The van der Waals surface area contributed by atoms with Crippen LogP contribution in [0.15, 0.2) is 24.3 Å². The number of ether oxygens (including phenoxy) is 1. The summed E-state index contributed by atoms with van der Waals surface area (Å²) in [5.74, 6) is 1.04. The number of hydrogen-bond donors (Lipinski definition) is 0. The number of nitrogens with zero attached hydrogens (tertiary/aromatic N) is 1. The fourth-order valence-electron chi connectivity index (χ4n) is 2.04. The van der Waals surface area contributed by atoms with Gasteiger partial charge >= 0.3 is 0 Å². The van der Waals surface area contributed by atoms with Crippen LogP contribution in [0.2, 0.25) is 0 Å². The second kappa shape index (κ2) is 5.01. The Morgan fingerprint density at radius 3 is 2.81 bits per heavy atom. The summed E-state index contributed by atoms with van der Waals surface area (Å²) < 4.78 is 5.14. The van der Waals surface area contributed by atoms with Gasteiger partial charge in [-0.15, -0.1) is 0 Å². The number of hydrogen-bond acceptors (Lipinski definition) is 2. The molecule has 1 aliphatic heterocycles. The Kier molecular flexibility index (Phi) is 3.44. The fourth-order valence-corrected chi connectivity index (χ4v) is 2.04. The fraction of sp³-hybridized carbons (Fsp3) is 0.462. The molecule has 1 aromatic carbocycles. The van der Waals surface area contributed by atoms with Crippen molar-refractivity contribution >= 4 is 5.91 Å². The Morgan fingerprint density at radius 2 is 2.12 bits per heavy atom. The minimum Gasteiger partial charge on any atom is -0.497 e. The van der Waals surface area contributed by atoms with Crippen LogP contribution in [-0.4, -0.2) is 31.0 Å². The van der Waals surface area contributed by atoms with E-state index < -0.39 is 0 Å². The quantitative estimate of drug-likeness (QED) is 0.776. The molecule has 0 atom stereocenters. The first kappa shape index (κ1) is 11.0. The van der Waals surface area contributed by atoms with Crippen molar-refractivity contribution in [1.82, 2.24) is 4.90 Å². The predicted octanol–water partition coefficient (Wildman–Crippen LogP) is 1.86. The molecule has 0 saturated carbocycles. The number of benzene rings is 1. The summed E-state index contributed by atoms with van der Waals surface area (Å²) in [5.41, 5.74) is 1.02. The molecule has 1 aliphatic rings. The summed E-state index contributed by atoms with van der Waals surface area (Å²) in [6.45, 7) is 1.84. The molecule has 86 valence electrons. The lowest BCUT2D eigenvalue weighted by Crippen LogP contribution is -2.29. The van der Waals surface area contributed by atoms with Crippen molar-refractivity contribution in [3.05, 3.63) is 29.8 Å². The molecule has 3 heteroatoms. The van der Waals surface area contributed by atoms with E-state index in [1.807, 2.05) is 29.2 Å². The number of carbonyl (C=O) groups excluding carboxylic acids is 1. The maximum absolute atomic E-state index is 11.9. The van der Waals surface area contributed by atoms with Gasteiger partial charge in [-0.05, 0) is 30.5 Å². The predicted molar refractivity (Wildman–Crippen MR) is 62.5 cm³/mol. The topological polar surface area (TPSA) is 29.5 Å². The van der Waals surface area contributed by atoms with Gasteiger partial charge in [0.05, 0.1) is 13.5 Å². The zero-order valence-electron chi connectivity index (χ0n) is 9.61. The maximum Gasteiger partial charge on any atom is 0.226 e. The van der Waals surface area contributed by atoms with Crippen LogP contribution in [0, 0.1) is 0 Å². The number of carbonyl (C=O) groups is 1. The normalized spacial score (nSPS) is 15.2. The van der Waals surface area contributed by atoms with E-state index in [0.717, 1.165) is 37.2 Å². The van der Waals surface area contributed by atoms with Gasteiger partial charge in [0.1, 0.15) is 5.75 Å². The molecule has 1 saturated heterocycles. The molecule has 2 rings (SSSR count). The number of amides is 1. The molecule has 1 heterocycles. The monoisotopic (exact) mass is 219 g/mol. The van der Waals surface area contributed by atoms with Gasteiger partial charge in [-0.1, -0.05) is 12.1 Å². The Balaban J connectivity index is 1.99. The third-order valence-corrected chi connectivity index (χ3v) is 2.95. The van der Waals surface area contributed by atoms with Crippen LogP contribution in [0.3, 0.4) is 0 Å². The van der Waals surface area contributed by atoms with Gasteiger partial charge in [-0.25, -0.2) is 0 Å². The second-order valence-electron chi connectivity index (χ2n) is 4.12. The van der Waals surface area contributed by atoms with Gasteiger partial charge in [-0.2, -0.15) is 0 Å². The summed E-state index contributed by atoms with van der Waals surface area (Å²) in [4.78, 5) is 13.8. The molecule has 0 radical (unpaired) electrons. The molecule has 0 aliphatic carbocycles. The highest BCUT2D eigenvalue weighted by molar-refractivity contribution is 5.79. The van der Waals surface area contributed by atoms with Gasteiger partial charge in [0.2, 0.25) is 5.91 Å². The first-order valence-electron chi connectivity index (χ1n) is 5.70. The zero-order valence-corrected chi connectivity index (χ0v) is 9.61. The first-order valence-corrected chi connectivity index (χ1v) is 5.70. The number of likely N-dealkylation sites (tertiary alicyclic amines) is 1. The van der Waals surface area contributed by atoms with Crippen LogP contribution < -0.4 is 4.74 Å². The van der Waals surface area contributed by atoms with Crippen LogP contribution in [0.25, 0.3) is 0 Å². The van der Waals surface area contributed by atoms with E-state index in [9.17, 15) is 4.79 Å². The summed E-state index contributed by atoms with van der Waals surface area (Å²) in [5, 5.41) is 0. The zero-order chi connectivity index (χ0) is 11.4. The summed E-state index contributed by atoms with van der Waals surface area (Å²) in [6, 6.07) is 7.71. The molecule has 0 aromatic heterocycles. The van der Waals surface area contributed by atoms with Crippen molar-refractivity contribution in [3.8, 4) is 5.75 Å². The summed E-state index contributed by atoms with van der Waals surface area (Å²) >= 11 is 0. The molecule has 0 bridgehead atoms. The standard InChI is InChI=1S/C13H17NO2/c1-16-12-6-4-5-11(9-12)10-13(15)14-7-2-3-8-14/h4-6,9H,2-3,7-8,10H2,1H3. The Labute approximate surface area is 96.0 Å². The third kappa shape index (κ3) is 2.54. The van der Waals surface area contributed by atoms with Crippen LogP contribution in [0.5, 0.6) is 5.75 Å². The molecule has 16 heavy (non-hydrogen) atoms. The van der Waals surface area contributed by atoms with E-state index in [2.05, 4.69) is 0 Å². The van der Waals surface area contributed by atoms with E-state index in [4.69, 9.17) is 4.74 Å². The minimum atomic E-state index is 0.228. The average molecular weight is 219 g/mol. The summed E-state index contributed by atoms with van der Waals surface area (Å²) in [7, 11) is 1.64. The van der Waals surface area contributed by atoms with Crippen molar-refractivity contribution in [1.29, 1.82) is 0 Å². The largest absolute Gasteiger partial charge is 0.497 e. The van der Waals surface area contributed by atoms with E-state index in [-0.39, 0.29) is 5.91 Å². The molecule has 3 nitrogen and oxygen atoms in total. The number of rotatable bonds is 3. The van der Waals surface area contributed by atoms with Gasteiger partial charge < -0.3 is 9.64 Å². The molecular weight excluding hydrogens is 202 g/mol. The van der Waals surface area contributed by atoms with Crippen LogP contribution in [0.4, 0.5) is 0 Å². The van der Waals surface area contributed by atoms with E-state index in [1.54, 1.807) is 7.11 Å². The highest BCUT2D eigenvalue weighted by Gasteiger charge is 2.17. The molecule has 1 amide bonds. The highest BCUT2D eigenvalue weighted by Crippen LogP contribution is 2.15. The molecule has 1 fully saturated rings. The second-order valence-corrected chi connectivity index (χ2v) is 4.12. The first-order chi connectivity index (χ1) is 7.79. The van der Waals surface area contributed by atoms with Crippen molar-refractivity contribution in [2.45, 2.75) is 19.3 Å². The molecule has 0 unspecified atom stereocenters. The maximum atomic E-state index is 11.9. The molecule has 0 N–H and O–H groups in total. The lowest BCUT2D eigenvalue weighted by molar-refractivity contribution is -0.129. The van der Waals surface area contributed by atoms with E-state index >= 15 is 0 Å². The lowest BCUT2D eigenvalue weighted by Gasteiger charge is -2.15. The van der Waals surface area contributed by atoms with Crippen LogP contribution >= 0.6 is 0 Å². The van der Waals surface area contributed by atoms with E-state index in [0.29, 0.717) is 6.42 Å². The molecular formula is C13H17NO2. The van der Waals surface area contributed by atoms with Crippen molar-refractivity contribution < 1.29 is 9.53 Å². The smallest absolute Gasteiger partial charge is 0.226 e. The Hall–Kier alpha value is -1.51. The Bertz CT molecular complexity index is 370. The van der Waals surface area contributed by atoms with Gasteiger partial charge in [0.25, 0.3) is 0 Å². The lowest BCUT2D eigenvalue weighted by atomic mass is 10.1.